The van der Waals surface area contributed by atoms with E-state index in [2.05, 4.69) is 27.4 Å². The van der Waals surface area contributed by atoms with E-state index in [1.54, 1.807) is 10.9 Å². The van der Waals surface area contributed by atoms with Crippen LogP contribution in [0.15, 0.2) is 66.4 Å². The highest BCUT2D eigenvalue weighted by Crippen LogP contribution is 2.33. The molecule has 0 radical (unpaired) electrons. The van der Waals surface area contributed by atoms with Gasteiger partial charge in [-0.25, -0.2) is 4.79 Å². The van der Waals surface area contributed by atoms with E-state index in [-0.39, 0.29) is 6.54 Å². The maximum Gasteiger partial charge on any atom is 0.319 e. The van der Waals surface area contributed by atoms with E-state index in [1.807, 2.05) is 61.5 Å². The average Bonchev–Trinajstić information content (AvgIpc) is 3.15. The van der Waals surface area contributed by atoms with Crippen molar-refractivity contribution < 1.29 is 14.3 Å². The highest BCUT2D eigenvalue weighted by Gasteiger charge is 2.24. The highest BCUT2D eigenvalue weighted by atomic mass is 16.5. The number of nitrogens with two attached hydrogens (primary N) is 1. The fourth-order valence-electron chi connectivity index (χ4n) is 3.49. The quantitative estimate of drug-likeness (QED) is 0.368. The lowest BCUT2D eigenvalue weighted by molar-refractivity contribution is -0.117. The van der Waals surface area contributed by atoms with Crippen LogP contribution in [-0.4, -0.2) is 29.7 Å². The summed E-state index contributed by atoms with van der Waals surface area (Å²) in [6.45, 7) is 1.87. The predicted octanol–water partition coefficient (Wildman–Crippen LogP) is 3.10. The molecular weight excluding hydrogens is 434 g/mol. The molecule has 1 aliphatic heterocycles. The number of ether oxygens (including phenoxy) is 1. The lowest BCUT2D eigenvalue weighted by atomic mass is 10.1. The Kier molecular flexibility index (Phi) is 6.36. The van der Waals surface area contributed by atoms with Crippen LogP contribution in [0.3, 0.4) is 0 Å². The van der Waals surface area contributed by atoms with Gasteiger partial charge in [-0.2, -0.15) is 5.26 Å². The molecule has 1 aromatic heterocycles. The molecule has 0 saturated heterocycles. The number of amides is 3. The van der Waals surface area contributed by atoms with Crippen LogP contribution in [0.2, 0.25) is 0 Å². The fraction of sp³-hybridized carbons (Fsp3) is 0.125. The standard InChI is InChI=1S/C24H23N7O3/c1-15-20(30-24(33)27-13-21(26)32)14-31-23(15)22(16(11-25)12-28-31)29-17-7-9-19(10-8-17)34-18-5-3-2-4-6-18/h2-10,14,28-29H,12-13H2,1H3,(H2,26,32)(H2,27,30,33). The number of anilines is 2. The molecule has 172 valence electrons. The smallest absolute Gasteiger partial charge is 0.319 e. The van der Waals surface area contributed by atoms with Crippen LogP contribution in [0.4, 0.5) is 16.2 Å². The summed E-state index contributed by atoms with van der Waals surface area (Å²) in [6, 6.07) is 18.6. The van der Waals surface area contributed by atoms with Gasteiger partial charge in [-0.05, 0) is 43.3 Å². The third-order valence-corrected chi connectivity index (χ3v) is 5.13. The summed E-state index contributed by atoms with van der Waals surface area (Å²) < 4.78 is 7.58. The van der Waals surface area contributed by atoms with Gasteiger partial charge in [0.1, 0.15) is 11.5 Å². The van der Waals surface area contributed by atoms with Crippen molar-refractivity contribution in [2.24, 2.45) is 5.73 Å². The first-order chi connectivity index (χ1) is 16.4. The molecule has 0 saturated carbocycles. The lowest BCUT2D eigenvalue weighted by Gasteiger charge is -2.23. The molecule has 34 heavy (non-hydrogen) atoms. The summed E-state index contributed by atoms with van der Waals surface area (Å²) in [5.41, 5.74) is 12.1. The van der Waals surface area contributed by atoms with Crippen LogP contribution < -0.4 is 31.8 Å². The van der Waals surface area contributed by atoms with Crippen molar-refractivity contribution in [3.05, 3.63) is 77.6 Å². The Balaban J connectivity index is 1.55. The Labute approximate surface area is 196 Å². The Morgan fingerprint density at radius 1 is 1.15 bits per heavy atom. The number of carbonyl (C=O) groups is 2. The van der Waals surface area contributed by atoms with Crippen molar-refractivity contribution in [3.8, 4) is 17.6 Å². The molecule has 0 spiro atoms. The molecule has 6 N–H and O–H groups in total. The van der Waals surface area contributed by atoms with E-state index in [0.29, 0.717) is 34.9 Å². The van der Waals surface area contributed by atoms with Crippen LogP contribution in [-0.2, 0) is 4.79 Å². The molecule has 0 atom stereocenters. The normalized spacial score (nSPS) is 12.1. The SMILES string of the molecule is Cc1c(NC(=O)NCC(N)=O)cn2c1C(Nc1ccc(Oc3ccccc3)cc1)=C(C#N)CN2. The maximum absolute atomic E-state index is 12.1. The molecule has 0 aliphatic carbocycles. The van der Waals surface area contributed by atoms with E-state index in [4.69, 9.17) is 10.5 Å². The molecule has 1 aliphatic rings. The molecule has 0 bridgehead atoms. The Bertz CT molecular complexity index is 1290. The van der Waals surface area contributed by atoms with Gasteiger partial charge in [-0.3, -0.25) is 9.47 Å². The topological polar surface area (TPSA) is 146 Å². The van der Waals surface area contributed by atoms with Gasteiger partial charge in [-0.1, -0.05) is 18.2 Å². The maximum atomic E-state index is 12.1. The monoisotopic (exact) mass is 457 g/mol. The molecular formula is C24H23N7O3. The first-order valence-corrected chi connectivity index (χ1v) is 10.5. The lowest BCUT2D eigenvalue weighted by Crippen LogP contribution is -2.36. The number of nitrogens with one attached hydrogen (secondary N) is 4. The Hall–Kier alpha value is -4.91. The van der Waals surface area contributed by atoms with Crippen molar-refractivity contribution >= 4 is 29.0 Å². The number of rotatable bonds is 7. The van der Waals surface area contributed by atoms with Crippen LogP contribution >= 0.6 is 0 Å². The zero-order valence-electron chi connectivity index (χ0n) is 18.4. The van der Waals surface area contributed by atoms with Crippen molar-refractivity contribution in [3.63, 3.8) is 0 Å². The molecule has 3 aromatic rings. The molecule has 3 amide bonds. The van der Waals surface area contributed by atoms with Crippen LogP contribution in [0, 0.1) is 18.3 Å². The number of hydrogen-bond donors (Lipinski definition) is 5. The molecule has 4 rings (SSSR count). The third-order valence-electron chi connectivity index (χ3n) is 5.13. The number of hydrogen-bond acceptors (Lipinski definition) is 6. The first kappa shape index (κ1) is 22.3. The summed E-state index contributed by atoms with van der Waals surface area (Å²) >= 11 is 0. The van der Waals surface area contributed by atoms with Crippen molar-refractivity contribution in [2.45, 2.75) is 6.92 Å². The number of nitrogens with zero attached hydrogens (tertiary/aromatic N) is 2. The van der Waals surface area contributed by atoms with E-state index >= 15 is 0 Å². The highest BCUT2D eigenvalue weighted by molar-refractivity contribution is 5.94. The van der Waals surface area contributed by atoms with Crippen molar-refractivity contribution in [1.82, 2.24) is 9.99 Å². The largest absolute Gasteiger partial charge is 0.457 e. The first-order valence-electron chi connectivity index (χ1n) is 10.5. The number of para-hydroxylation sites is 1. The third kappa shape index (κ3) is 4.94. The fourth-order valence-corrected chi connectivity index (χ4v) is 3.49. The van der Waals surface area contributed by atoms with Crippen LogP contribution in [0.5, 0.6) is 11.5 Å². The van der Waals surface area contributed by atoms with Gasteiger partial charge in [0.25, 0.3) is 0 Å². The number of urea groups is 1. The minimum absolute atomic E-state index is 0.272. The summed E-state index contributed by atoms with van der Waals surface area (Å²) in [4.78, 5) is 23.0. The van der Waals surface area contributed by atoms with Gasteiger partial charge >= 0.3 is 6.03 Å². The zero-order valence-corrected chi connectivity index (χ0v) is 18.4. The van der Waals surface area contributed by atoms with Gasteiger partial charge < -0.3 is 31.8 Å². The van der Waals surface area contributed by atoms with Gasteiger partial charge in [0, 0.05) is 11.3 Å². The molecule has 2 aromatic carbocycles. The minimum atomic E-state index is -0.641. The molecule has 10 heteroatoms. The van der Waals surface area contributed by atoms with Crippen molar-refractivity contribution in [2.75, 3.05) is 29.1 Å². The molecule has 10 nitrogen and oxygen atoms in total. The number of carbonyl (C=O) groups excluding carboxylic acids is 2. The molecule has 0 unspecified atom stereocenters. The summed E-state index contributed by atoms with van der Waals surface area (Å²) in [5, 5.41) is 18.1. The zero-order chi connectivity index (χ0) is 24.1. The number of benzene rings is 2. The van der Waals surface area contributed by atoms with Crippen LogP contribution in [0.25, 0.3) is 5.70 Å². The van der Waals surface area contributed by atoms with E-state index < -0.39 is 11.9 Å². The van der Waals surface area contributed by atoms with Crippen molar-refractivity contribution in [1.29, 1.82) is 5.26 Å². The second kappa shape index (κ2) is 9.70. The summed E-state index contributed by atoms with van der Waals surface area (Å²) in [7, 11) is 0. The number of aromatic nitrogens is 1. The van der Waals surface area contributed by atoms with Gasteiger partial charge in [0.2, 0.25) is 5.91 Å². The van der Waals surface area contributed by atoms with E-state index in [1.165, 1.54) is 0 Å². The second-order valence-electron chi connectivity index (χ2n) is 7.53. The number of fused-ring (bicyclic) bond motifs is 1. The predicted molar refractivity (Wildman–Crippen MR) is 129 cm³/mol. The average molecular weight is 457 g/mol. The number of primary amides is 1. The van der Waals surface area contributed by atoms with E-state index in [9.17, 15) is 14.9 Å². The van der Waals surface area contributed by atoms with Gasteiger partial charge in [0.05, 0.1) is 48.0 Å². The Morgan fingerprint density at radius 3 is 2.53 bits per heavy atom. The Morgan fingerprint density at radius 2 is 1.85 bits per heavy atom. The van der Waals surface area contributed by atoms with E-state index in [0.717, 1.165) is 17.0 Å². The summed E-state index contributed by atoms with van der Waals surface area (Å²) in [5.74, 6) is 0.784. The number of nitriles is 1. The molecule has 2 heterocycles. The second-order valence-corrected chi connectivity index (χ2v) is 7.53. The van der Waals surface area contributed by atoms with Gasteiger partial charge in [-0.15, -0.1) is 0 Å². The summed E-state index contributed by atoms with van der Waals surface area (Å²) in [6.07, 6.45) is 1.71. The molecule has 0 fully saturated rings. The van der Waals surface area contributed by atoms with Crippen LogP contribution in [0.1, 0.15) is 11.3 Å². The van der Waals surface area contributed by atoms with Gasteiger partial charge in [0.15, 0.2) is 0 Å². The minimum Gasteiger partial charge on any atom is -0.457 e.